The number of carbonyl (C=O) groups excluding carboxylic acids is 2. The van der Waals surface area contributed by atoms with Gasteiger partial charge in [-0.2, -0.15) is 0 Å². The maximum atomic E-state index is 13.4. The summed E-state index contributed by atoms with van der Waals surface area (Å²) >= 11 is 7.45. The van der Waals surface area contributed by atoms with Crippen molar-refractivity contribution >= 4 is 46.6 Å². The van der Waals surface area contributed by atoms with Gasteiger partial charge >= 0.3 is 0 Å². The molecule has 4 rings (SSSR count). The number of hydrogen-bond acceptors (Lipinski definition) is 3. The minimum absolute atomic E-state index is 0.0896. The molecule has 0 aliphatic carbocycles. The fourth-order valence-electron chi connectivity index (χ4n) is 3.56. The quantitative estimate of drug-likeness (QED) is 0.256. The van der Waals surface area contributed by atoms with Gasteiger partial charge in [-0.3, -0.25) is 9.59 Å². The third kappa shape index (κ3) is 6.53. The molecule has 0 saturated carbocycles. The molecule has 1 unspecified atom stereocenters. The summed E-state index contributed by atoms with van der Waals surface area (Å²) in [5.74, 6) is -0.323. The molecule has 4 aromatic rings. The Bertz CT molecular complexity index is 1340. The average Bonchev–Trinajstić information content (AvgIpc) is 2.86. The van der Waals surface area contributed by atoms with Crippen molar-refractivity contribution in [2.24, 2.45) is 0 Å². The zero-order chi connectivity index (χ0) is 24.8. The molecular weight excluding hydrogens is 476 g/mol. The van der Waals surface area contributed by atoms with Crippen molar-refractivity contribution in [1.82, 2.24) is 0 Å². The van der Waals surface area contributed by atoms with Gasteiger partial charge in [0.05, 0.1) is 0 Å². The van der Waals surface area contributed by atoms with E-state index in [2.05, 4.69) is 10.6 Å². The lowest BCUT2D eigenvalue weighted by Gasteiger charge is -2.18. The molecule has 176 valence electrons. The molecule has 0 radical (unpaired) electrons. The highest BCUT2D eigenvalue weighted by atomic mass is 35.5. The first-order valence-electron chi connectivity index (χ1n) is 11.2. The Kier molecular flexibility index (Phi) is 7.91. The summed E-state index contributed by atoms with van der Waals surface area (Å²) in [6.45, 7) is 3.99. The number of rotatable bonds is 7. The maximum absolute atomic E-state index is 13.4. The highest BCUT2D eigenvalue weighted by molar-refractivity contribution is 8.00. The first-order valence-corrected chi connectivity index (χ1v) is 12.4. The van der Waals surface area contributed by atoms with Crippen LogP contribution in [-0.2, 0) is 4.79 Å². The standard InChI is InChI=1S/C29H25ClN2O2S/c1-19-11-12-20(2)26(17-19)32-29(34)27(21-7-4-3-5-8-21)35-25-15-13-24(14-16-25)31-28(33)22-9-6-10-23(30)18-22/h3-18,27H,1-2H3,(H,31,33)(H,32,34). The molecule has 1 atom stereocenters. The van der Waals surface area contributed by atoms with Gasteiger partial charge in [0.1, 0.15) is 5.25 Å². The Morgan fingerprint density at radius 3 is 2.26 bits per heavy atom. The monoisotopic (exact) mass is 500 g/mol. The number of amides is 2. The Labute approximate surface area is 214 Å². The van der Waals surface area contributed by atoms with Crippen LogP contribution in [0.25, 0.3) is 0 Å². The summed E-state index contributed by atoms with van der Waals surface area (Å²) in [5, 5.41) is 6.05. The van der Waals surface area contributed by atoms with E-state index in [4.69, 9.17) is 11.6 Å². The number of halogens is 1. The van der Waals surface area contributed by atoms with Crippen molar-refractivity contribution in [3.05, 3.63) is 124 Å². The SMILES string of the molecule is Cc1ccc(C)c(NC(=O)C(Sc2ccc(NC(=O)c3cccc(Cl)c3)cc2)c2ccccc2)c1. The predicted molar refractivity (Wildman–Crippen MR) is 145 cm³/mol. The van der Waals surface area contributed by atoms with E-state index in [1.54, 1.807) is 24.3 Å². The van der Waals surface area contributed by atoms with Gasteiger partial charge in [-0.25, -0.2) is 0 Å². The number of carbonyl (C=O) groups is 2. The molecule has 0 heterocycles. The Balaban J connectivity index is 1.50. The maximum Gasteiger partial charge on any atom is 0.255 e. The third-order valence-corrected chi connectivity index (χ3v) is 6.95. The topological polar surface area (TPSA) is 58.2 Å². The van der Waals surface area contributed by atoms with Crippen LogP contribution in [0.2, 0.25) is 5.02 Å². The van der Waals surface area contributed by atoms with Crippen molar-refractivity contribution < 1.29 is 9.59 Å². The van der Waals surface area contributed by atoms with Crippen LogP contribution in [0.4, 0.5) is 11.4 Å². The van der Waals surface area contributed by atoms with Crippen LogP contribution in [0.1, 0.15) is 32.3 Å². The molecule has 6 heteroatoms. The van der Waals surface area contributed by atoms with Gasteiger partial charge < -0.3 is 10.6 Å². The number of nitrogens with one attached hydrogen (secondary N) is 2. The molecule has 4 nitrogen and oxygen atoms in total. The van der Waals surface area contributed by atoms with Crippen LogP contribution < -0.4 is 10.6 Å². The van der Waals surface area contributed by atoms with E-state index in [1.165, 1.54) is 11.8 Å². The Hall–Kier alpha value is -3.54. The number of thioether (sulfide) groups is 1. The van der Waals surface area contributed by atoms with Crippen molar-refractivity contribution in [3.63, 3.8) is 0 Å². The predicted octanol–water partition coefficient (Wildman–Crippen LogP) is 7.68. The molecule has 4 aromatic carbocycles. The minimum Gasteiger partial charge on any atom is -0.325 e. The van der Waals surface area contributed by atoms with Gasteiger partial charge in [0.15, 0.2) is 0 Å². The van der Waals surface area contributed by atoms with Crippen LogP contribution in [-0.4, -0.2) is 11.8 Å². The minimum atomic E-state index is -0.442. The number of hydrogen-bond donors (Lipinski definition) is 2. The van der Waals surface area contributed by atoms with Crippen LogP contribution in [0, 0.1) is 13.8 Å². The lowest BCUT2D eigenvalue weighted by atomic mass is 10.1. The molecule has 0 spiro atoms. The number of aryl methyl sites for hydroxylation is 2. The number of benzene rings is 4. The molecule has 35 heavy (non-hydrogen) atoms. The molecule has 0 aromatic heterocycles. The highest BCUT2D eigenvalue weighted by Crippen LogP contribution is 2.37. The van der Waals surface area contributed by atoms with E-state index in [9.17, 15) is 9.59 Å². The second-order valence-corrected chi connectivity index (χ2v) is 9.82. The molecule has 0 fully saturated rings. The van der Waals surface area contributed by atoms with Crippen molar-refractivity contribution in [1.29, 1.82) is 0 Å². The van der Waals surface area contributed by atoms with Gasteiger partial charge in [0.25, 0.3) is 5.91 Å². The van der Waals surface area contributed by atoms with E-state index in [0.717, 1.165) is 27.3 Å². The van der Waals surface area contributed by atoms with E-state index in [-0.39, 0.29) is 11.8 Å². The van der Waals surface area contributed by atoms with Gasteiger partial charge in [-0.15, -0.1) is 11.8 Å². The third-order valence-electron chi connectivity index (χ3n) is 5.44. The molecule has 2 N–H and O–H groups in total. The molecule has 0 aliphatic rings. The molecule has 0 aliphatic heterocycles. The summed E-state index contributed by atoms with van der Waals surface area (Å²) in [6.07, 6.45) is 0. The second kappa shape index (κ2) is 11.3. The van der Waals surface area contributed by atoms with E-state index in [0.29, 0.717) is 16.3 Å². The lowest BCUT2D eigenvalue weighted by molar-refractivity contribution is -0.115. The van der Waals surface area contributed by atoms with Crippen molar-refractivity contribution in [3.8, 4) is 0 Å². The molecule has 0 saturated heterocycles. The van der Waals surface area contributed by atoms with Crippen LogP contribution >= 0.6 is 23.4 Å². The fourth-order valence-corrected chi connectivity index (χ4v) is 4.77. The summed E-state index contributed by atoms with van der Waals surface area (Å²) in [4.78, 5) is 26.8. The number of anilines is 2. The smallest absolute Gasteiger partial charge is 0.255 e. The Morgan fingerprint density at radius 2 is 1.54 bits per heavy atom. The summed E-state index contributed by atoms with van der Waals surface area (Å²) in [6, 6.07) is 30.0. The van der Waals surface area contributed by atoms with Crippen LogP contribution in [0.15, 0.2) is 102 Å². The van der Waals surface area contributed by atoms with Crippen LogP contribution in [0.5, 0.6) is 0 Å². The first kappa shape index (κ1) is 24.6. The zero-order valence-corrected chi connectivity index (χ0v) is 21.0. The van der Waals surface area contributed by atoms with E-state index >= 15 is 0 Å². The first-order chi connectivity index (χ1) is 16.9. The van der Waals surface area contributed by atoms with Gasteiger partial charge in [-0.05, 0) is 79.1 Å². The largest absolute Gasteiger partial charge is 0.325 e. The fraction of sp³-hybridized carbons (Fsp3) is 0.103. The Morgan fingerprint density at radius 1 is 0.800 bits per heavy atom. The highest BCUT2D eigenvalue weighted by Gasteiger charge is 2.23. The molecule has 2 amide bonds. The average molecular weight is 501 g/mol. The zero-order valence-electron chi connectivity index (χ0n) is 19.4. The van der Waals surface area contributed by atoms with E-state index < -0.39 is 5.25 Å². The van der Waals surface area contributed by atoms with Crippen molar-refractivity contribution in [2.45, 2.75) is 24.0 Å². The molecule has 0 bridgehead atoms. The van der Waals surface area contributed by atoms with Gasteiger partial charge in [0, 0.05) is 26.9 Å². The van der Waals surface area contributed by atoms with Crippen LogP contribution in [0.3, 0.4) is 0 Å². The van der Waals surface area contributed by atoms with Gasteiger partial charge in [0.2, 0.25) is 5.91 Å². The summed E-state index contributed by atoms with van der Waals surface area (Å²) in [5.41, 5.74) is 4.98. The molecular formula is C29H25ClN2O2S. The van der Waals surface area contributed by atoms with E-state index in [1.807, 2.05) is 86.6 Å². The summed E-state index contributed by atoms with van der Waals surface area (Å²) < 4.78 is 0. The second-order valence-electron chi connectivity index (χ2n) is 8.21. The lowest BCUT2D eigenvalue weighted by Crippen LogP contribution is -2.19. The van der Waals surface area contributed by atoms with Crippen molar-refractivity contribution in [2.75, 3.05) is 10.6 Å². The van der Waals surface area contributed by atoms with Gasteiger partial charge in [-0.1, -0.05) is 60.1 Å². The summed E-state index contributed by atoms with van der Waals surface area (Å²) in [7, 11) is 0. The normalized spacial score (nSPS) is 11.5.